The fourth-order valence-corrected chi connectivity index (χ4v) is 2.57. The highest BCUT2D eigenvalue weighted by atomic mass is 16.6. The number of carbonyl (C=O) groups is 1. The van der Waals surface area contributed by atoms with Crippen LogP contribution in [-0.4, -0.2) is 37.0 Å². The Bertz CT molecular complexity index is 955. The molecular weight excluding hydrogens is 362 g/mol. The summed E-state index contributed by atoms with van der Waals surface area (Å²) in [4.78, 5) is 12.6. The monoisotopic (exact) mass is 383 g/mol. The van der Waals surface area contributed by atoms with Gasteiger partial charge in [-0.1, -0.05) is 13.0 Å². The van der Waals surface area contributed by atoms with Gasteiger partial charge in [0.05, 0.1) is 20.8 Å². The van der Waals surface area contributed by atoms with E-state index in [2.05, 4.69) is 15.6 Å². The summed E-state index contributed by atoms with van der Waals surface area (Å²) in [5.41, 5.74) is 1.48. The van der Waals surface area contributed by atoms with Crippen molar-refractivity contribution in [3.05, 3.63) is 48.0 Å². The number of hydrogen-bond acceptors (Lipinski definition) is 7. The molecule has 0 atom stereocenters. The van der Waals surface area contributed by atoms with Crippen LogP contribution in [0.5, 0.6) is 17.2 Å². The van der Waals surface area contributed by atoms with E-state index in [1.54, 1.807) is 56.7 Å². The van der Waals surface area contributed by atoms with Gasteiger partial charge in [0, 0.05) is 11.1 Å². The maximum Gasteiger partial charge on any atom is 0.257 e. The summed E-state index contributed by atoms with van der Waals surface area (Å²) in [7, 11) is 3.10. The molecule has 0 fully saturated rings. The fourth-order valence-electron chi connectivity index (χ4n) is 2.57. The normalized spacial score (nSPS) is 10.4. The van der Waals surface area contributed by atoms with Crippen LogP contribution in [0.2, 0.25) is 0 Å². The number of nitrogens with one attached hydrogen (secondary N) is 1. The van der Waals surface area contributed by atoms with Crippen molar-refractivity contribution < 1.29 is 23.6 Å². The molecule has 1 N–H and O–H groups in total. The number of ether oxygens (including phenoxy) is 3. The summed E-state index contributed by atoms with van der Waals surface area (Å²) >= 11 is 0. The molecule has 1 aromatic heterocycles. The molecule has 2 aromatic carbocycles. The first-order valence-corrected chi connectivity index (χ1v) is 8.75. The van der Waals surface area contributed by atoms with Gasteiger partial charge in [-0.2, -0.15) is 0 Å². The largest absolute Gasteiger partial charge is 0.494 e. The number of anilines is 1. The van der Waals surface area contributed by atoms with Gasteiger partial charge < -0.3 is 19.5 Å². The molecule has 3 rings (SSSR count). The van der Waals surface area contributed by atoms with Gasteiger partial charge in [-0.25, -0.2) is 4.63 Å². The topological polar surface area (TPSA) is 95.7 Å². The molecule has 0 bridgehead atoms. The lowest BCUT2D eigenvalue weighted by molar-refractivity contribution is 0.102. The molecular formula is C20H21N3O5. The Kier molecular flexibility index (Phi) is 6.11. The molecule has 0 radical (unpaired) electrons. The van der Waals surface area contributed by atoms with E-state index in [1.807, 2.05) is 6.92 Å². The Hall–Kier alpha value is -3.55. The SMILES string of the molecule is CCCOc1cccc(C(=O)Nc2nonc2-c2ccc(OC)c(OC)c2)c1. The van der Waals surface area contributed by atoms with Gasteiger partial charge in [-0.3, -0.25) is 4.79 Å². The van der Waals surface area contributed by atoms with Crippen molar-refractivity contribution in [1.29, 1.82) is 0 Å². The number of rotatable bonds is 8. The van der Waals surface area contributed by atoms with E-state index in [4.69, 9.17) is 18.8 Å². The molecule has 0 spiro atoms. The maximum absolute atomic E-state index is 12.6. The lowest BCUT2D eigenvalue weighted by atomic mass is 10.1. The van der Waals surface area contributed by atoms with Crippen molar-refractivity contribution in [2.24, 2.45) is 0 Å². The average molecular weight is 383 g/mol. The highest BCUT2D eigenvalue weighted by Gasteiger charge is 2.18. The number of carbonyl (C=O) groups excluding carboxylic acids is 1. The van der Waals surface area contributed by atoms with E-state index < -0.39 is 0 Å². The van der Waals surface area contributed by atoms with Crippen LogP contribution in [0.15, 0.2) is 47.1 Å². The lowest BCUT2D eigenvalue weighted by Gasteiger charge is -2.09. The first-order chi connectivity index (χ1) is 13.7. The quantitative estimate of drug-likeness (QED) is 0.632. The summed E-state index contributed by atoms with van der Waals surface area (Å²) in [6.45, 7) is 2.60. The predicted octanol–water partition coefficient (Wildman–Crippen LogP) is 3.79. The number of amides is 1. The van der Waals surface area contributed by atoms with Gasteiger partial charge in [0.15, 0.2) is 17.2 Å². The second-order valence-corrected chi connectivity index (χ2v) is 5.86. The summed E-state index contributed by atoms with van der Waals surface area (Å²) < 4.78 is 20.9. The zero-order valence-corrected chi connectivity index (χ0v) is 15.9. The highest BCUT2D eigenvalue weighted by molar-refractivity contribution is 6.05. The molecule has 1 amide bonds. The van der Waals surface area contributed by atoms with Gasteiger partial charge in [-0.05, 0) is 53.1 Å². The maximum atomic E-state index is 12.6. The average Bonchev–Trinajstić information content (AvgIpc) is 3.19. The van der Waals surface area contributed by atoms with E-state index in [0.29, 0.717) is 40.7 Å². The van der Waals surface area contributed by atoms with Crippen LogP contribution in [0.1, 0.15) is 23.7 Å². The van der Waals surface area contributed by atoms with Crippen LogP contribution < -0.4 is 19.5 Å². The molecule has 1 heterocycles. The summed E-state index contributed by atoms with van der Waals surface area (Å²) in [6, 6.07) is 12.2. The van der Waals surface area contributed by atoms with Crippen LogP contribution in [0.4, 0.5) is 5.82 Å². The van der Waals surface area contributed by atoms with Crippen molar-refractivity contribution in [2.75, 3.05) is 26.1 Å². The molecule has 3 aromatic rings. The number of aromatic nitrogens is 2. The number of hydrogen-bond donors (Lipinski definition) is 1. The number of nitrogens with zero attached hydrogens (tertiary/aromatic N) is 2. The van der Waals surface area contributed by atoms with Crippen molar-refractivity contribution in [2.45, 2.75) is 13.3 Å². The molecule has 0 aliphatic carbocycles. The number of benzene rings is 2. The number of methoxy groups -OCH3 is 2. The molecule has 0 saturated carbocycles. The van der Waals surface area contributed by atoms with E-state index in [9.17, 15) is 4.79 Å². The molecule has 0 aliphatic heterocycles. The van der Waals surface area contributed by atoms with Crippen molar-refractivity contribution >= 4 is 11.7 Å². The third-order valence-corrected chi connectivity index (χ3v) is 3.95. The Labute approximate surface area is 162 Å². The van der Waals surface area contributed by atoms with E-state index >= 15 is 0 Å². The first-order valence-electron chi connectivity index (χ1n) is 8.75. The molecule has 0 unspecified atom stereocenters. The van der Waals surface area contributed by atoms with Gasteiger partial charge in [0.25, 0.3) is 5.91 Å². The first kappa shape index (κ1) is 19.2. The third kappa shape index (κ3) is 4.22. The highest BCUT2D eigenvalue weighted by Crippen LogP contribution is 2.34. The summed E-state index contributed by atoms with van der Waals surface area (Å²) in [6.07, 6.45) is 0.885. The summed E-state index contributed by atoms with van der Waals surface area (Å²) in [5.74, 6) is 1.60. The van der Waals surface area contributed by atoms with Crippen LogP contribution in [0, 0.1) is 0 Å². The molecule has 8 nitrogen and oxygen atoms in total. The molecule has 146 valence electrons. The molecule has 8 heteroatoms. The molecule has 28 heavy (non-hydrogen) atoms. The molecule has 0 saturated heterocycles. The van der Waals surface area contributed by atoms with Crippen LogP contribution in [-0.2, 0) is 0 Å². The third-order valence-electron chi connectivity index (χ3n) is 3.95. The minimum Gasteiger partial charge on any atom is -0.494 e. The summed E-state index contributed by atoms with van der Waals surface area (Å²) in [5, 5.41) is 10.4. The van der Waals surface area contributed by atoms with E-state index in [0.717, 1.165) is 6.42 Å². The van der Waals surface area contributed by atoms with Crippen molar-refractivity contribution in [1.82, 2.24) is 10.3 Å². The van der Waals surface area contributed by atoms with Gasteiger partial charge in [0.1, 0.15) is 5.75 Å². The van der Waals surface area contributed by atoms with Crippen LogP contribution in [0.25, 0.3) is 11.3 Å². The minimum absolute atomic E-state index is 0.206. The van der Waals surface area contributed by atoms with Gasteiger partial charge in [0.2, 0.25) is 5.82 Å². The fraction of sp³-hybridized carbons (Fsp3) is 0.250. The smallest absolute Gasteiger partial charge is 0.257 e. The lowest BCUT2D eigenvalue weighted by Crippen LogP contribution is -2.13. The van der Waals surface area contributed by atoms with Gasteiger partial charge >= 0.3 is 0 Å². The Morgan fingerprint density at radius 3 is 2.64 bits per heavy atom. The Morgan fingerprint density at radius 1 is 1.07 bits per heavy atom. The zero-order valence-electron chi connectivity index (χ0n) is 15.9. The standard InChI is InChI=1S/C20H21N3O5/c1-4-10-27-15-7-5-6-14(11-15)20(24)21-19-18(22-28-23-19)13-8-9-16(25-2)17(12-13)26-3/h5-9,11-12H,4,10H2,1-3H3,(H,21,23,24). The van der Waals surface area contributed by atoms with E-state index in [1.165, 1.54) is 0 Å². The second kappa shape index (κ2) is 8.90. The Morgan fingerprint density at radius 2 is 1.89 bits per heavy atom. The van der Waals surface area contributed by atoms with Crippen molar-refractivity contribution in [3.63, 3.8) is 0 Å². The Balaban J connectivity index is 1.82. The van der Waals surface area contributed by atoms with Crippen molar-refractivity contribution in [3.8, 4) is 28.5 Å². The van der Waals surface area contributed by atoms with Crippen LogP contribution >= 0.6 is 0 Å². The zero-order chi connectivity index (χ0) is 19.9. The predicted molar refractivity (Wildman–Crippen MR) is 103 cm³/mol. The van der Waals surface area contributed by atoms with Crippen LogP contribution in [0.3, 0.4) is 0 Å². The minimum atomic E-state index is -0.348. The molecule has 0 aliphatic rings. The van der Waals surface area contributed by atoms with E-state index in [-0.39, 0.29) is 11.7 Å². The van der Waals surface area contributed by atoms with Gasteiger partial charge in [-0.15, -0.1) is 0 Å². The second-order valence-electron chi connectivity index (χ2n) is 5.86.